The van der Waals surface area contributed by atoms with E-state index in [9.17, 15) is 9.50 Å². The SMILES string of the molecule is Oc1ccc(/C=C/c2ccccc2NCc2ccc(OCCN3CCCCC3)c(F)c2)cc1. The molecule has 0 amide bonds. The van der Waals surface area contributed by atoms with Gasteiger partial charge in [0.15, 0.2) is 11.6 Å². The van der Waals surface area contributed by atoms with E-state index in [1.54, 1.807) is 18.2 Å². The highest BCUT2D eigenvalue weighted by Gasteiger charge is 2.11. The number of rotatable bonds is 9. The van der Waals surface area contributed by atoms with Crippen LogP contribution in [0.25, 0.3) is 12.2 Å². The lowest BCUT2D eigenvalue weighted by atomic mass is 10.1. The second kappa shape index (κ2) is 11.5. The number of anilines is 1. The van der Waals surface area contributed by atoms with Gasteiger partial charge in [0.2, 0.25) is 0 Å². The van der Waals surface area contributed by atoms with Gasteiger partial charge in [0.05, 0.1) is 0 Å². The van der Waals surface area contributed by atoms with E-state index in [2.05, 4.69) is 10.2 Å². The maximum Gasteiger partial charge on any atom is 0.165 e. The molecule has 1 saturated heterocycles. The third-order valence-corrected chi connectivity index (χ3v) is 5.90. The van der Waals surface area contributed by atoms with Crippen molar-refractivity contribution in [2.75, 3.05) is 31.6 Å². The number of aromatic hydroxyl groups is 1. The van der Waals surface area contributed by atoms with Crippen molar-refractivity contribution in [3.63, 3.8) is 0 Å². The first-order valence-electron chi connectivity index (χ1n) is 11.6. The number of para-hydroxylation sites is 1. The Bertz CT molecular complexity index is 1060. The van der Waals surface area contributed by atoms with Gasteiger partial charge < -0.3 is 15.2 Å². The van der Waals surface area contributed by atoms with Gasteiger partial charge in [-0.15, -0.1) is 0 Å². The Kier molecular flexibility index (Phi) is 7.99. The fourth-order valence-corrected chi connectivity index (χ4v) is 4.01. The Morgan fingerprint density at radius 2 is 1.73 bits per heavy atom. The van der Waals surface area contributed by atoms with Crippen molar-refractivity contribution in [2.45, 2.75) is 25.8 Å². The number of hydrogen-bond donors (Lipinski definition) is 2. The summed E-state index contributed by atoms with van der Waals surface area (Å²) < 4.78 is 20.3. The minimum atomic E-state index is -0.326. The van der Waals surface area contributed by atoms with Crippen molar-refractivity contribution in [1.82, 2.24) is 4.90 Å². The van der Waals surface area contributed by atoms with Crippen LogP contribution in [-0.2, 0) is 6.54 Å². The zero-order valence-corrected chi connectivity index (χ0v) is 18.8. The largest absolute Gasteiger partial charge is 0.508 e. The van der Waals surface area contributed by atoms with Crippen molar-refractivity contribution < 1.29 is 14.2 Å². The Hall–Kier alpha value is -3.31. The lowest BCUT2D eigenvalue weighted by molar-refractivity contribution is 0.180. The lowest BCUT2D eigenvalue weighted by Gasteiger charge is -2.26. The molecule has 0 spiro atoms. The van der Waals surface area contributed by atoms with Gasteiger partial charge in [-0.1, -0.05) is 55.0 Å². The van der Waals surface area contributed by atoms with Gasteiger partial charge in [-0.05, 0) is 73.0 Å². The topological polar surface area (TPSA) is 44.7 Å². The molecule has 0 unspecified atom stereocenters. The van der Waals surface area contributed by atoms with Crippen LogP contribution in [0.15, 0.2) is 66.7 Å². The number of benzene rings is 3. The van der Waals surface area contributed by atoms with E-state index >= 15 is 0 Å². The molecule has 1 heterocycles. The number of hydrogen-bond acceptors (Lipinski definition) is 4. The van der Waals surface area contributed by atoms with E-state index in [4.69, 9.17) is 4.74 Å². The zero-order chi connectivity index (χ0) is 22.9. The van der Waals surface area contributed by atoms with Gasteiger partial charge >= 0.3 is 0 Å². The number of nitrogens with one attached hydrogen (secondary N) is 1. The average Bonchev–Trinajstić information content (AvgIpc) is 2.85. The Labute approximate surface area is 195 Å². The maximum atomic E-state index is 14.6. The highest BCUT2D eigenvalue weighted by molar-refractivity contribution is 5.76. The molecule has 0 radical (unpaired) electrons. The van der Waals surface area contributed by atoms with Crippen LogP contribution in [0.5, 0.6) is 11.5 Å². The summed E-state index contributed by atoms with van der Waals surface area (Å²) in [7, 11) is 0. The lowest BCUT2D eigenvalue weighted by Crippen LogP contribution is -2.33. The fourth-order valence-electron chi connectivity index (χ4n) is 4.01. The summed E-state index contributed by atoms with van der Waals surface area (Å²) in [6.07, 6.45) is 7.81. The fraction of sp³-hybridized carbons (Fsp3) is 0.286. The van der Waals surface area contributed by atoms with Crippen molar-refractivity contribution in [1.29, 1.82) is 0 Å². The summed E-state index contributed by atoms with van der Waals surface area (Å²) in [5, 5.41) is 12.8. The first-order valence-corrected chi connectivity index (χ1v) is 11.6. The standard InChI is InChI=1S/C28H31FN2O2/c29-26-20-23(11-15-28(26)33-19-18-31-16-4-1-5-17-31)21-30-27-7-3-2-6-24(27)12-8-22-9-13-25(32)14-10-22/h2-3,6-15,20,30,32H,1,4-5,16-19,21H2/b12-8+. The molecule has 33 heavy (non-hydrogen) atoms. The molecule has 172 valence electrons. The molecule has 3 aromatic carbocycles. The van der Waals surface area contributed by atoms with Crippen LogP contribution < -0.4 is 10.1 Å². The number of phenols is 1. The van der Waals surface area contributed by atoms with E-state index in [0.717, 1.165) is 42.0 Å². The second-order valence-electron chi connectivity index (χ2n) is 8.38. The van der Waals surface area contributed by atoms with Gasteiger partial charge in [-0.25, -0.2) is 4.39 Å². The molecule has 0 aromatic heterocycles. The smallest absolute Gasteiger partial charge is 0.165 e. The van der Waals surface area contributed by atoms with Crippen LogP contribution in [0, 0.1) is 5.82 Å². The van der Waals surface area contributed by atoms with Crippen LogP contribution in [-0.4, -0.2) is 36.2 Å². The maximum absolute atomic E-state index is 14.6. The highest BCUT2D eigenvalue weighted by atomic mass is 19.1. The van der Waals surface area contributed by atoms with E-state index in [1.165, 1.54) is 25.3 Å². The molecule has 1 aliphatic rings. The van der Waals surface area contributed by atoms with Crippen LogP contribution in [0.4, 0.5) is 10.1 Å². The Morgan fingerprint density at radius 3 is 2.52 bits per heavy atom. The van der Waals surface area contributed by atoms with Crippen LogP contribution in [0.1, 0.15) is 36.0 Å². The summed E-state index contributed by atoms with van der Waals surface area (Å²) in [6, 6.07) is 20.2. The van der Waals surface area contributed by atoms with Gasteiger partial charge in [0, 0.05) is 18.8 Å². The zero-order valence-electron chi connectivity index (χ0n) is 18.8. The van der Waals surface area contributed by atoms with Crippen molar-refractivity contribution in [2.24, 2.45) is 0 Å². The molecule has 1 aliphatic heterocycles. The van der Waals surface area contributed by atoms with E-state index in [1.807, 2.05) is 54.6 Å². The minimum Gasteiger partial charge on any atom is -0.508 e. The Morgan fingerprint density at radius 1 is 0.939 bits per heavy atom. The molecule has 4 rings (SSSR count). The molecular formula is C28H31FN2O2. The molecule has 0 atom stereocenters. The number of ether oxygens (including phenoxy) is 1. The molecule has 0 aliphatic carbocycles. The number of nitrogens with zero attached hydrogens (tertiary/aromatic N) is 1. The van der Waals surface area contributed by atoms with Gasteiger partial charge in [0.1, 0.15) is 12.4 Å². The molecule has 5 heteroatoms. The summed E-state index contributed by atoms with van der Waals surface area (Å²) in [4.78, 5) is 2.38. The highest BCUT2D eigenvalue weighted by Crippen LogP contribution is 2.22. The average molecular weight is 447 g/mol. The summed E-state index contributed by atoms with van der Waals surface area (Å²) >= 11 is 0. The van der Waals surface area contributed by atoms with Gasteiger partial charge in [-0.3, -0.25) is 4.90 Å². The summed E-state index contributed by atoms with van der Waals surface area (Å²) in [6.45, 7) is 4.09. The van der Waals surface area contributed by atoms with Crippen LogP contribution >= 0.6 is 0 Å². The molecule has 1 fully saturated rings. The molecule has 4 nitrogen and oxygen atoms in total. The number of likely N-dealkylation sites (tertiary alicyclic amines) is 1. The number of halogens is 1. The molecule has 0 bridgehead atoms. The second-order valence-corrected chi connectivity index (χ2v) is 8.38. The summed E-state index contributed by atoms with van der Waals surface area (Å²) in [5.74, 6) is 0.237. The monoisotopic (exact) mass is 446 g/mol. The molecule has 2 N–H and O–H groups in total. The van der Waals surface area contributed by atoms with Crippen molar-refractivity contribution in [3.8, 4) is 11.5 Å². The third kappa shape index (κ3) is 6.83. The number of piperidine rings is 1. The molecule has 3 aromatic rings. The van der Waals surface area contributed by atoms with Crippen LogP contribution in [0.3, 0.4) is 0 Å². The van der Waals surface area contributed by atoms with E-state index in [-0.39, 0.29) is 11.6 Å². The van der Waals surface area contributed by atoms with Crippen LogP contribution in [0.2, 0.25) is 0 Å². The van der Waals surface area contributed by atoms with Crippen molar-refractivity contribution in [3.05, 3.63) is 89.2 Å². The Balaban J connectivity index is 1.32. The molecule has 0 saturated carbocycles. The minimum absolute atomic E-state index is 0.250. The summed E-state index contributed by atoms with van der Waals surface area (Å²) in [5.41, 5.74) is 3.85. The third-order valence-electron chi connectivity index (χ3n) is 5.90. The van der Waals surface area contributed by atoms with Gasteiger partial charge in [0.25, 0.3) is 0 Å². The first-order chi connectivity index (χ1) is 16.2. The van der Waals surface area contributed by atoms with E-state index < -0.39 is 0 Å². The predicted octanol–water partition coefficient (Wildman–Crippen LogP) is 6.18. The quantitative estimate of drug-likeness (QED) is 0.385. The predicted molar refractivity (Wildman–Crippen MR) is 133 cm³/mol. The normalized spacial score (nSPS) is 14.5. The van der Waals surface area contributed by atoms with Crippen molar-refractivity contribution >= 4 is 17.8 Å². The van der Waals surface area contributed by atoms with Gasteiger partial charge in [-0.2, -0.15) is 0 Å². The van der Waals surface area contributed by atoms with E-state index in [0.29, 0.717) is 18.9 Å². The molecular weight excluding hydrogens is 415 g/mol. The number of phenolic OH excluding ortho intramolecular Hbond substituents is 1. The first kappa shape index (κ1) is 22.9.